The zero-order valence-corrected chi connectivity index (χ0v) is 6.05. The van der Waals surface area contributed by atoms with Crippen molar-refractivity contribution in [3.63, 3.8) is 0 Å². The third-order valence-corrected chi connectivity index (χ3v) is 2.41. The van der Waals surface area contributed by atoms with Gasteiger partial charge in [-0.05, 0) is 0 Å². The first-order valence-electron chi connectivity index (χ1n) is 3.70. The Morgan fingerprint density at radius 3 is 2.73 bits per heavy atom. The number of rotatable bonds is 1. The number of carbonyl (C=O) groups excluding carboxylic acids is 1. The molecule has 0 radical (unpaired) electrons. The first-order valence-corrected chi connectivity index (χ1v) is 3.70. The smallest absolute Gasteiger partial charge is 0.315 e. The van der Waals surface area contributed by atoms with Crippen LogP contribution in [0.15, 0.2) is 0 Å². The van der Waals surface area contributed by atoms with Crippen molar-refractivity contribution in [2.75, 3.05) is 6.54 Å². The van der Waals surface area contributed by atoms with Crippen molar-refractivity contribution in [3.8, 4) is 0 Å². The van der Waals surface area contributed by atoms with E-state index < -0.39 is 0 Å². The molecule has 0 spiro atoms. The highest BCUT2D eigenvalue weighted by Gasteiger charge is 2.59. The van der Waals surface area contributed by atoms with Gasteiger partial charge in [-0.1, -0.05) is 0 Å². The molecule has 2 rings (SSSR count). The fraction of sp³-hybridized carbons (Fsp3) is 0.714. The number of urea groups is 1. The Morgan fingerprint density at radius 2 is 2.36 bits per heavy atom. The van der Waals surface area contributed by atoms with E-state index in [-0.39, 0.29) is 17.6 Å². The summed E-state index contributed by atoms with van der Waals surface area (Å²) < 4.78 is 0. The largest absolute Gasteiger partial charge is 0.336 e. The molecule has 1 saturated carbocycles. The number of amides is 2. The molecule has 1 heterocycles. The average molecular weight is 151 g/mol. The lowest BCUT2D eigenvalue weighted by atomic mass is 10.1. The quantitative estimate of drug-likeness (QED) is 0.514. The van der Waals surface area contributed by atoms with E-state index in [2.05, 4.69) is 15.5 Å². The zero-order chi connectivity index (χ0) is 7.90. The molecule has 2 fully saturated rings. The van der Waals surface area contributed by atoms with E-state index in [0.29, 0.717) is 6.54 Å². The minimum Gasteiger partial charge on any atom is -0.336 e. The van der Waals surface area contributed by atoms with Gasteiger partial charge in [-0.2, -0.15) is 0 Å². The van der Waals surface area contributed by atoms with Crippen LogP contribution in [0.3, 0.4) is 0 Å². The lowest BCUT2D eigenvalue weighted by Gasteiger charge is -2.08. The van der Waals surface area contributed by atoms with Crippen LogP contribution in [0, 0.1) is 6.57 Å². The van der Waals surface area contributed by atoms with Crippen LogP contribution in [0.4, 0.5) is 4.79 Å². The SMILES string of the molecule is [C-]#[N+]C1([C@@H]2CNC(=O)N2)CC1. The fourth-order valence-corrected chi connectivity index (χ4v) is 1.45. The van der Waals surface area contributed by atoms with E-state index in [1.807, 2.05) is 0 Å². The molecule has 2 amide bonds. The molecule has 0 bridgehead atoms. The van der Waals surface area contributed by atoms with Crippen molar-refractivity contribution in [3.05, 3.63) is 11.4 Å². The first-order chi connectivity index (χ1) is 5.27. The molecular formula is C7H9N3O. The molecule has 11 heavy (non-hydrogen) atoms. The third kappa shape index (κ3) is 0.845. The lowest BCUT2D eigenvalue weighted by Crippen LogP contribution is -2.37. The topological polar surface area (TPSA) is 45.5 Å². The molecule has 1 aliphatic heterocycles. The molecule has 4 heteroatoms. The first kappa shape index (κ1) is 6.47. The summed E-state index contributed by atoms with van der Waals surface area (Å²) in [6.45, 7) is 7.56. The van der Waals surface area contributed by atoms with Crippen molar-refractivity contribution >= 4 is 6.03 Å². The Hall–Kier alpha value is -1.24. The minimum atomic E-state index is -0.251. The van der Waals surface area contributed by atoms with Crippen molar-refractivity contribution in [2.45, 2.75) is 24.4 Å². The van der Waals surface area contributed by atoms with Crippen molar-refractivity contribution in [1.29, 1.82) is 0 Å². The van der Waals surface area contributed by atoms with Gasteiger partial charge in [0.15, 0.2) is 0 Å². The standard InChI is InChI=1S/C7H9N3O/c1-8-7(2-3-7)5-4-9-6(11)10-5/h5H,2-4H2,(H2,9,10,11)/t5-/m0/s1. The summed E-state index contributed by atoms with van der Waals surface area (Å²) in [6, 6.07) is -0.0857. The van der Waals surface area contributed by atoms with Crippen LogP contribution >= 0.6 is 0 Å². The van der Waals surface area contributed by atoms with Gasteiger partial charge in [-0.25, -0.2) is 11.4 Å². The van der Waals surface area contributed by atoms with E-state index in [9.17, 15) is 4.79 Å². The van der Waals surface area contributed by atoms with E-state index in [1.165, 1.54) is 0 Å². The summed E-state index contributed by atoms with van der Waals surface area (Å²) in [5.74, 6) is 0. The predicted molar refractivity (Wildman–Crippen MR) is 38.9 cm³/mol. The lowest BCUT2D eigenvalue weighted by molar-refractivity contribution is 0.247. The second kappa shape index (κ2) is 1.88. The maximum atomic E-state index is 10.7. The molecule has 2 aliphatic rings. The summed E-state index contributed by atoms with van der Waals surface area (Å²) in [7, 11) is 0. The van der Waals surface area contributed by atoms with Gasteiger partial charge in [0.1, 0.15) is 6.04 Å². The highest BCUT2D eigenvalue weighted by Crippen LogP contribution is 2.43. The van der Waals surface area contributed by atoms with Gasteiger partial charge < -0.3 is 15.5 Å². The molecule has 4 nitrogen and oxygen atoms in total. The molecule has 0 unspecified atom stereocenters. The maximum absolute atomic E-state index is 10.7. The number of hydrogen-bond acceptors (Lipinski definition) is 1. The minimum absolute atomic E-state index is 0.0486. The fourth-order valence-electron chi connectivity index (χ4n) is 1.45. The molecule has 0 aromatic heterocycles. The molecule has 1 aliphatic carbocycles. The normalized spacial score (nSPS) is 31.9. The monoisotopic (exact) mass is 151 g/mol. The van der Waals surface area contributed by atoms with Crippen molar-refractivity contribution < 1.29 is 4.79 Å². The van der Waals surface area contributed by atoms with Crippen LogP contribution in [0.25, 0.3) is 4.85 Å². The molecule has 0 aromatic rings. The zero-order valence-electron chi connectivity index (χ0n) is 6.05. The van der Waals surface area contributed by atoms with Crippen LogP contribution in [-0.2, 0) is 0 Å². The molecule has 58 valence electrons. The van der Waals surface area contributed by atoms with E-state index in [1.54, 1.807) is 0 Å². The molecule has 1 saturated heterocycles. The Labute approximate surface area is 64.8 Å². The summed E-state index contributed by atoms with van der Waals surface area (Å²) in [5.41, 5.74) is -0.251. The van der Waals surface area contributed by atoms with Gasteiger partial charge >= 0.3 is 6.03 Å². The average Bonchev–Trinajstić information content (AvgIpc) is 2.70. The van der Waals surface area contributed by atoms with Crippen molar-refractivity contribution in [2.24, 2.45) is 0 Å². The van der Waals surface area contributed by atoms with Crippen LogP contribution in [0.1, 0.15) is 12.8 Å². The summed E-state index contributed by atoms with van der Waals surface area (Å²) in [6.07, 6.45) is 1.87. The van der Waals surface area contributed by atoms with Gasteiger partial charge in [0, 0.05) is 19.4 Å². The van der Waals surface area contributed by atoms with Gasteiger partial charge in [0.2, 0.25) is 0 Å². The summed E-state index contributed by atoms with van der Waals surface area (Å²) in [4.78, 5) is 14.3. The highest BCUT2D eigenvalue weighted by molar-refractivity contribution is 5.77. The van der Waals surface area contributed by atoms with Gasteiger partial charge in [0.05, 0.1) is 0 Å². The Bertz CT molecular complexity index is 239. The molecule has 1 atom stereocenters. The van der Waals surface area contributed by atoms with E-state index in [0.717, 1.165) is 12.8 Å². The van der Waals surface area contributed by atoms with Gasteiger partial charge in [-0.15, -0.1) is 0 Å². The highest BCUT2D eigenvalue weighted by atomic mass is 16.2. The number of nitrogens with zero attached hydrogens (tertiary/aromatic N) is 1. The Morgan fingerprint density at radius 1 is 1.64 bits per heavy atom. The Kier molecular flexibility index (Phi) is 1.10. The predicted octanol–water partition coefficient (Wildman–Crippen LogP) is 0.120. The van der Waals surface area contributed by atoms with Crippen LogP contribution in [0.2, 0.25) is 0 Å². The van der Waals surface area contributed by atoms with E-state index >= 15 is 0 Å². The second-order valence-electron chi connectivity index (χ2n) is 3.12. The number of hydrogen-bond donors (Lipinski definition) is 2. The maximum Gasteiger partial charge on any atom is 0.315 e. The third-order valence-electron chi connectivity index (χ3n) is 2.41. The molecule has 0 aromatic carbocycles. The van der Waals surface area contributed by atoms with Crippen LogP contribution < -0.4 is 10.6 Å². The Balaban J connectivity index is 2.08. The summed E-state index contributed by atoms with van der Waals surface area (Å²) in [5, 5.41) is 5.40. The van der Waals surface area contributed by atoms with E-state index in [4.69, 9.17) is 6.57 Å². The summed E-state index contributed by atoms with van der Waals surface area (Å²) >= 11 is 0. The van der Waals surface area contributed by atoms with Gasteiger partial charge in [-0.3, -0.25) is 0 Å². The van der Waals surface area contributed by atoms with Crippen LogP contribution in [-0.4, -0.2) is 24.2 Å². The second-order valence-corrected chi connectivity index (χ2v) is 3.12. The number of carbonyl (C=O) groups is 1. The van der Waals surface area contributed by atoms with Gasteiger partial charge in [0.25, 0.3) is 5.54 Å². The molecular weight excluding hydrogens is 142 g/mol. The van der Waals surface area contributed by atoms with Crippen LogP contribution in [0.5, 0.6) is 0 Å². The number of nitrogens with one attached hydrogen (secondary N) is 2. The van der Waals surface area contributed by atoms with Crippen molar-refractivity contribution in [1.82, 2.24) is 10.6 Å². The molecule has 2 N–H and O–H groups in total.